The van der Waals surface area contributed by atoms with Crippen molar-refractivity contribution in [2.24, 2.45) is 0 Å². The molecule has 0 bridgehead atoms. The molecule has 0 unspecified atom stereocenters. The number of hydrogen-bond donors (Lipinski definition) is 0. The Bertz CT molecular complexity index is 1140. The molecule has 168 valence electrons. The summed E-state index contributed by atoms with van der Waals surface area (Å²) in [6, 6.07) is 29.1. The third-order valence-electron chi connectivity index (χ3n) is 5.48. The van der Waals surface area contributed by atoms with Gasteiger partial charge in [0.2, 0.25) is 0 Å². The van der Waals surface area contributed by atoms with Gasteiger partial charge in [-0.2, -0.15) is 0 Å². The van der Waals surface area contributed by atoms with Gasteiger partial charge in [0.1, 0.15) is 42.2 Å². The molecule has 6 heteroatoms. The highest BCUT2D eigenvalue weighted by atomic mass is 31.2. The third kappa shape index (κ3) is 4.79. The number of halogens is 4. The molecule has 0 fully saturated rings. The number of ether oxygens (including phenoxy) is 1. The molecule has 1 nitrogen and oxygen atoms in total. The summed E-state index contributed by atoms with van der Waals surface area (Å²) in [6.45, 7) is -0.625. The van der Waals surface area contributed by atoms with E-state index in [1.165, 1.54) is 0 Å². The fourth-order valence-corrected chi connectivity index (χ4v) is 8.21. The second-order valence-electron chi connectivity index (χ2n) is 7.54. The first-order valence-electron chi connectivity index (χ1n) is 10.5. The second kappa shape index (κ2) is 10.2. The van der Waals surface area contributed by atoms with Gasteiger partial charge in [-0.25, -0.2) is 17.6 Å². The quantitative estimate of drug-likeness (QED) is 0.177. The Morgan fingerprint density at radius 3 is 1.61 bits per heavy atom. The standard InChI is InChI=1S/C27H22F4OP/c28-15-16-32-21-11-13-24(14-12-21)33(22-7-3-1-4-8-22,23-9-5-2-6-10-23)19-20-17-25(29)27(31)26(30)18-20/h1-14,17-18H,15-16,19H2/q+1/i28-1. The summed E-state index contributed by atoms with van der Waals surface area (Å²) < 4.78 is 59.9. The fourth-order valence-electron chi connectivity index (χ4n) is 4.01. The maximum Gasteiger partial charge on any atom is 0.194 e. The Labute approximate surface area is 191 Å². The zero-order valence-electron chi connectivity index (χ0n) is 17.7. The van der Waals surface area contributed by atoms with Crippen LogP contribution in [0.5, 0.6) is 5.75 Å². The Kier molecular flexibility index (Phi) is 7.10. The molecular formula is C27H22F4OP+. The van der Waals surface area contributed by atoms with Crippen LogP contribution in [0.15, 0.2) is 97.1 Å². The lowest BCUT2D eigenvalue weighted by atomic mass is 10.2. The zero-order chi connectivity index (χ0) is 23.3. The van der Waals surface area contributed by atoms with Gasteiger partial charge in [0, 0.05) is 0 Å². The van der Waals surface area contributed by atoms with Crippen LogP contribution in [-0.2, 0) is 6.16 Å². The second-order valence-corrected chi connectivity index (χ2v) is 11.0. The molecule has 0 aromatic heterocycles. The summed E-state index contributed by atoms with van der Waals surface area (Å²) in [5.74, 6) is -3.36. The van der Waals surface area contributed by atoms with Crippen molar-refractivity contribution in [2.45, 2.75) is 6.16 Å². The van der Waals surface area contributed by atoms with Crippen molar-refractivity contribution < 1.29 is 22.3 Å². The summed E-state index contributed by atoms with van der Waals surface area (Å²) >= 11 is 0. The van der Waals surface area contributed by atoms with Crippen molar-refractivity contribution in [3.05, 3.63) is 120 Å². The normalized spacial score (nSPS) is 11.4. The molecule has 0 saturated heterocycles. The molecule has 0 aliphatic rings. The fraction of sp³-hybridized carbons (Fsp3) is 0.111. The van der Waals surface area contributed by atoms with Crippen LogP contribution < -0.4 is 20.7 Å². The predicted octanol–water partition coefficient (Wildman–Crippen LogP) is 5.95. The minimum absolute atomic E-state index is 0.0366. The minimum atomic E-state index is -2.46. The minimum Gasteiger partial charge on any atom is -0.491 e. The summed E-state index contributed by atoms with van der Waals surface area (Å²) in [7, 11) is -2.46. The van der Waals surface area contributed by atoms with Gasteiger partial charge in [-0.05, 0) is 66.2 Å². The summed E-state index contributed by atoms with van der Waals surface area (Å²) in [6.07, 6.45) is 0.291. The van der Waals surface area contributed by atoms with E-state index in [1.54, 1.807) is 12.1 Å². The SMILES string of the molecule is Fc1cc(C[P+](c2ccccc2)(c2ccccc2)c2ccc(OCC[18F])cc2)cc(F)c1F. The van der Waals surface area contributed by atoms with Crippen LogP contribution in [0.3, 0.4) is 0 Å². The summed E-state index contributed by atoms with van der Waals surface area (Å²) in [5.41, 5.74) is 0.366. The smallest absolute Gasteiger partial charge is 0.194 e. The first-order valence-corrected chi connectivity index (χ1v) is 12.4. The first-order chi connectivity index (χ1) is 16.0. The van der Waals surface area contributed by atoms with Crippen LogP contribution in [0.1, 0.15) is 5.56 Å². The van der Waals surface area contributed by atoms with E-state index < -0.39 is 31.4 Å². The van der Waals surface area contributed by atoms with Crippen molar-refractivity contribution >= 4 is 23.2 Å². The van der Waals surface area contributed by atoms with Gasteiger partial charge in [0.15, 0.2) is 17.5 Å². The average Bonchev–Trinajstić information content (AvgIpc) is 2.86. The number of alkyl halides is 1. The molecule has 4 aromatic rings. The molecule has 0 aliphatic carbocycles. The van der Waals surface area contributed by atoms with Gasteiger partial charge in [0.25, 0.3) is 0 Å². The lowest BCUT2D eigenvalue weighted by Crippen LogP contribution is -2.32. The highest BCUT2D eigenvalue weighted by Crippen LogP contribution is 2.58. The molecule has 33 heavy (non-hydrogen) atoms. The summed E-state index contributed by atoms with van der Waals surface area (Å²) in [4.78, 5) is 0. The molecule has 0 amide bonds. The van der Waals surface area contributed by atoms with Gasteiger partial charge in [-0.3, -0.25) is 0 Å². The van der Waals surface area contributed by atoms with Crippen LogP contribution in [0.4, 0.5) is 17.6 Å². The van der Waals surface area contributed by atoms with Crippen molar-refractivity contribution in [1.29, 1.82) is 0 Å². The maximum atomic E-state index is 14.1. The van der Waals surface area contributed by atoms with Crippen LogP contribution in [0.25, 0.3) is 0 Å². The highest BCUT2D eigenvalue weighted by molar-refractivity contribution is 7.95. The van der Waals surface area contributed by atoms with Crippen LogP contribution >= 0.6 is 7.26 Å². The van der Waals surface area contributed by atoms with Gasteiger partial charge >= 0.3 is 0 Å². The van der Waals surface area contributed by atoms with Gasteiger partial charge in [-0.15, -0.1) is 0 Å². The molecule has 0 heterocycles. The van der Waals surface area contributed by atoms with Crippen molar-refractivity contribution in [3.63, 3.8) is 0 Å². The van der Waals surface area contributed by atoms with E-state index >= 15 is 0 Å². The Morgan fingerprint density at radius 2 is 1.12 bits per heavy atom. The van der Waals surface area contributed by atoms with E-state index in [2.05, 4.69) is 0 Å². The van der Waals surface area contributed by atoms with E-state index in [0.29, 0.717) is 17.5 Å². The number of benzene rings is 4. The largest absolute Gasteiger partial charge is 0.491 e. The maximum absolute atomic E-state index is 14.1. The summed E-state index contributed by atoms with van der Waals surface area (Å²) in [5, 5.41) is 2.98. The van der Waals surface area contributed by atoms with Crippen LogP contribution in [-0.4, -0.2) is 13.3 Å². The van der Waals surface area contributed by atoms with E-state index in [1.807, 2.05) is 72.8 Å². The zero-order valence-corrected chi connectivity index (χ0v) is 18.6. The lowest BCUT2D eigenvalue weighted by Gasteiger charge is -2.28. The third-order valence-corrected chi connectivity index (χ3v) is 9.86. The molecule has 4 aromatic carbocycles. The Hall–Kier alpha value is -3.17. The van der Waals surface area contributed by atoms with Crippen molar-refractivity contribution in [2.75, 3.05) is 13.3 Å². The van der Waals surface area contributed by atoms with E-state index in [9.17, 15) is 17.6 Å². The average molecular weight is 468 g/mol. The van der Waals surface area contributed by atoms with Crippen molar-refractivity contribution in [3.8, 4) is 5.75 Å². The van der Waals surface area contributed by atoms with Crippen LogP contribution in [0, 0.1) is 17.5 Å². The van der Waals surface area contributed by atoms with Gasteiger partial charge < -0.3 is 4.74 Å². The van der Waals surface area contributed by atoms with E-state index in [-0.39, 0.29) is 6.61 Å². The molecule has 4 rings (SSSR count). The van der Waals surface area contributed by atoms with Crippen molar-refractivity contribution in [1.82, 2.24) is 0 Å². The van der Waals surface area contributed by atoms with Crippen LogP contribution in [0.2, 0.25) is 0 Å². The Balaban J connectivity index is 1.93. The molecule has 0 aliphatic heterocycles. The van der Waals surface area contributed by atoms with E-state index in [0.717, 1.165) is 28.0 Å². The molecule has 0 spiro atoms. The molecular weight excluding hydrogens is 446 g/mol. The monoisotopic (exact) mass is 468 g/mol. The topological polar surface area (TPSA) is 9.23 Å². The van der Waals surface area contributed by atoms with Gasteiger partial charge in [-0.1, -0.05) is 36.4 Å². The number of rotatable bonds is 8. The Morgan fingerprint density at radius 1 is 0.636 bits per heavy atom. The molecule has 0 N–H and O–H groups in total. The predicted molar refractivity (Wildman–Crippen MR) is 127 cm³/mol. The van der Waals surface area contributed by atoms with Gasteiger partial charge in [0.05, 0.1) is 6.16 Å². The number of hydrogen-bond acceptors (Lipinski definition) is 1. The molecule has 0 radical (unpaired) electrons. The van der Waals surface area contributed by atoms with E-state index in [4.69, 9.17) is 4.74 Å². The highest BCUT2D eigenvalue weighted by Gasteiger charge is 2.45. The molecule has 0 atom stereocenters. The first kappa shape index (κ1) is 23.0. The lowest BCUT2D eigenvalue weighted by molar-refractivity contribution is 0.273. The molecule has 0 saturated carbocycles.